The van der Waals surface area contributed by atoms with Crippen LogP contribution in [0.3, 0.4) is 0 Å². The molecule has 1 N–H and O–H groups in total. The van der Waals surface area contributed by atoms with Crippen LogP contribution in [0.5, 0.6) is 0 Å². The first-order valence-electron chi connectivity index (χ1n) is 10.2. The topological polar surface area (TPSA) is 99.6 Å². The Morgan fingerprint density at radius 1 is 1.34 bits per heavy atom. The first kappa shape index (κ1) is 20.6. The number of hydrogen-bond donors (Lipinski definition) is 1. The Labute approximate surface area is 184 Å². The summed E-state index contributed by atoms with van der Waals surface area (Å²) in [6.07, 6.45) is 1.59. The molecule has 9 nitrogen and oxygen atoms in total. The molecule has 4 aromatic rings. The van der Waals surface area contributed by atoms with E-state index >= 15 is 0 Å². The number of ether oxygens (including phenoxy) is 1. The average Bonchev–Trinajstić information content (AvgIpc) is 3.49. The molecule has 3 aromatic heterocycles. The molecule has 0 aliphatic carbocycles. The van der Waals surface area contributed by atoms with Crippen molar-refractivity contribution in [2.75, 3.05) is 11.9 Å². The van der Waals surface area contributed by atoms with E-state index in [0.29, 0.717) is 16.8 Å². The lowest BCUT2D eigenvalue weighted by molar-refractivity contribution is -0.117. The van der Waals surface area contributed by atoms with Crippen molar-refractivity contribution in [2.45, 2.75) is 39.0 Å². The predicted molar refractivity (Wildman–Crippen MR) is 118 cm³/mol. The van der Waals surface area contributed by atoms with Crippen LogP contribution in [0.1, 0.15) is 18.4 Å². The van der Waals surface area contributed by atoms with Crippen LogP contribution in [-0.2, 0) is 22.6 Å². The summed E-state index contributed by atoms with van der Waals surface area (Å²) in [7, 11) is 0. The van der Waals surface area contributed by atoms with Crippen LogP contribution in [0.25, 0.3) is 16.0 Å². The van der Waals surface area contributed by atoms with Gasteiger partial charge in [0.25, 0.3) is 5.56 Å². The SMILES string of the molecule is Cc1ccc(NC(=O)Cn2nc3n(C[C@@H]4CCCO4)c(=O)c4sccc4n3c2=O)c(F)c1. The molecule has 0 radical (unpaired) electrons. The summed E-state index contributed by atoms with van der Waals surface area (Å²) in [5.74, 6) is -1.02. The van der Waals surface area contributed by atoms with E-state index in [-0.39, 0.29) is 29.7 Å². The highest BCUT2D eigenvalue weighted by Gasteiger charge is 2.23. The molecule has 0 spiro atoms. The zero-order valence-electron chi connectivity index (χ0n) is 17.2. The van der Waals surface area contributed by atoms with Gasteiger partial charge in [-0.15, -0.1) is 16.4 Å². The number of amides is 1. The lowest BCUT2D eigenvalue weighted by Crippen LogP contribution is -2.30. The van der Waals surface area contributed by atoms with Gasteiger partial charge in [0, 0.05) is 6.61 Å². The molecule has 5 rings (SSSR count). The Hall–Kier alpha value is -3.31. The van der Waals surface area contributed by atoms with Gasteiger partial charge in [0.2, 0.25) is 11.7 Å². The Bertz CT molecular complexity index is 1460. The molecular weight excluding hydrogens is 437 g/mol. The van der Waals surface area contributed by atoms with Crippen LogP contribution in [0.4, 0.5) is 10.1 Å². The molecule has 0 unspecified atom stereocenters. The fourth-order valence-electron chi connectivity index (χ4n) is 3.94. The van der Waals surface area contributed by atoms with Crippen molar-refractivity contribution < 1.29 is 13.9 Å². The van der Waals surface area contributed by atoms with Gasteiger partial charge in [-0.3, -0.25) is 14.2 Å². The van der Waals surface area contributed by atoms with E-state index in [9.17, 15) is 18.8 Å². The Kier molecular flexibility index (Phi) is 5.14. The second-order valence-corrected chi connectivity index (χ2v) is 8.71. The van der Waals surface area contributed by atoms with Crippen molar-refractivity contribution in [3.05, 3.63) is 61.9 Å². The number of benzene rings is 1. The number of fused-ring (bicyclic) bond motifs is 3. The monoisotopic (exact) mass is 457 g/mol. The maximum absolute atomic E-state index is 14.1. The maximum atomic E-state index is 14.1. The minimum Gasteiger partial charge on any atom is -0.376 e. The fourth-order valence-corrected chi connectivity index (χ4v) is 4.76. The van der Waals surface area contributed by atoms with Crippen molar-refractivity contribution in [1.29, 1.82) is 0 Å². The highest BCUT2D eigenvalue weighted by molar-refractivity contribution is 7.17. The third-order valence-electron chi connectivity index (χ3n) is 5.49. The molecule has 1 aliphatic heterocycles. The normalized spacial score (nSPS) is 16.2. The van der Waals surface area contributed by atoms with Gasteiger partial charge in [0.05, 0.1) is 23.9 Å². The Morgan fingerprint density at radius 2 is 2.19 bits per heavy atom. The van der Waals surface area contributed by atoms with Crippen molar-refractivity contribution in [3.63, 3.8) is 0 Å². The van der Waals surface area contributed by atoms with Crippen molar-refractivity contribution in [1.82, 2.24) is 18.7 Å². The quantitative estimate of drug-likeness (QED) is 0.495. The van der Waals surface area contributed by atoms with E-state index in [2.05, 4.69) is 10.4 Å². The highest BCUT2D eigenvalue weighted by atomic mass is 32.1. The summed E-state index contributed by atoms with van der Waals surface area (Å²) < 4.78 is 23.9. The van der Waals surface area contributed by atoms with Gasteiger partial charge in [-0.05, 0) is 48.9 Å². The summed E-state index contributed by atoms with van der Waals surface area (Å²) in [5.41, 5.74) is 0.388. The van der Waals surface area contributed by atoms with Crippen LogP contribution >= 0.6 is 11.3 Å². The largest absolute Gasteiger partial charge is 0.376 e. The molecule has 32 heavy (non-hydrogen) atoms. The molecule has 11 heteroatoms. The molecule has 1 saturated heterocycles. The van der Waals surface area contributed by atoms with Gasteiger partial charge in [-0.1, -0.05) is 6.07 Å². The highest BCUT2D eigenvalue weighted by Crippen LogP contribution is 2.20. The second kappa shape index (κ2) is 7.99. The number of aryl methyl sites for hydroxylation is 1. The smallest absolute Gasteiger partial charge is 0.352 e. The number of thiophene rings is 1. The lowest BCUT2D eigenvalue weighted by Gasteiger charge is -2.12. The number of nitrogens with zero attached hydrogens (tertiary/aromatic N) is 4. The number of hydrogen-bond acceptors (Lipinski definition) is 6. The average molecular weight is 457 g/mol. The fraction of sp³-hybridized carbons (Fsp3) is 0.333. The van der Waals surface area contributed by atoms with Gasteiger partial charge >= 0.3 is 5.69 Å². The number of anilines is 1. The molecule has 4 heterocycles. The number of carbonyl (C=O) groups is 1. The zero-order chi connectivity index (χ0) is 22.4. The van der Waals surface area contributed by atoms with Crippen LogP contribution in [0, 0.1) is 12.7 Å². The van der Waals surface area contributed by atoms with Gasteiger partial charge in [0.15, 0.2) is 0 Å². The summed E-state index contributed by atoms with van der Waals surface area (Å²) >= 11 is 1.25. The van der Waals surface area contributed by atoms with E-state index in [1.165, 1.54) is 32.4 Å². The molecular formula is C21H20FN5O4S. The maximum Gasteiger partial charge on any atom is 0.352 e. The third kappa shape index (κ3) is 3.53. The number of halogens is 1. The van der Waals surface area contributed by atoms with E-state index in [1.807, 2.05) is 0 Å². The predicted octanol–water partition coefficient (Wildman–Crippen LogP) is 2.14. The molecule has 1 fully saturated rings. The molecule has 0 bridgehead atoms. The lowest BCUT2D eigenvalue weighted by atomic mass is 10.2. The molecule has 1 atom stereocenters. The van der Waals surface area contributed by atoms with Crippen LogP contribution in [0.15, 0.2) is 39.2 Å². The number of nitrogens with one attached hydrogen (secondary N) is 1. The van der Waals surface area contributed by atoms with Gasteiger partial charge < -0.3 is 10.1 Å². The van der Waals surface area contributed by atoms with E-state index < -0.39 is 24.0 Å². The summed E-state index contributed by atoms with van der Waals surface area (Å²) in [4.78, 5) is 38.7. The number of carbonyl (C=O) groups excluding carboxylic acids is 1. The molecule has 1 amide bonds. The van der Waals surface area contributed by atoms with E-state index in [1.54, 1.807) is 24.4 Å². The van der Waals surface area contributed by atoms with Gasteiger partial charge in [-0.25, -0.2) is 18.3 Å². The number of rotatable bonds is 5. The van der Waals surface area contributed by atoms with Crippen LogP contribution in [-0.4, -0.2) is 37.4 Å². The summed E-state index contributed by atoms with van der Waals surface area (Å²) in [5, 5.41) is 8.49. The first-order valence-corrected chi connectivity index (χ1v) is 11.1. The molecule has 1 aromatic carbocycles. The summed E-state index contributed by atoms with van der Waals surface area (Å²) in [6, 6.07) is 6.12. The molecule has 0 saturated carbocycles. The van der Waals surface area contributed by atoms with Crippen molar-refractivity contribution >= 4 is 38.9 Å². The summed E-state index contributed by atoms with van der Waals surface area (Å²) in [6.45, 7) is 2.22. The minimum atomic E-state index is -0.604. The van der Waals surface area contributed by atoms with Crippen molar-refractivity contribution in [3.8, 4) is 0 Å². The molecule has 1 aliphatic rings. The zero-order valence-corrected chi connectivity index (χ0v) is 18.0. The second-order valence-electron chi connectivity index (χ2n) is 7.79. The van der Waals surface area contributed by atoms with Crippen molar-refractivity contribution in [2.24, 2.45) is 0 Å². The Morgan fingerprint density at radius 3 is 2.94 bits per heavy atom. The van der Waals surface area contributed by atoms with Crippen LogP contribution in [0.2, 0.25) is 0 Å². The van der Waals surface area contributed by atoms with Crippen LogP contribution < -0.4 is 16.6 Å². The van der Waals surface area contributed by atoms with Gasteiger partial charge in [-0.2, -0.15) is 0 Å². The third-order valence-corrected chi connectivity index (χ3v) is 6.38. The Balaban J connectivity index is 1.54. The van der Waals surface area contributed by atoms with E-state index in [0.717, 1.165) is 23.1 Å². The first-order chi connectivity index (χ1) is 15.4. The number of aromatic nitrogens is 4. The van der Waals surface area contributed by atoms with E-state index in [4.69, 9.17) is 4.74 Å². The minimum absolute atomic E-state index is 0.0212. The molecule has 166 valence electrons. The standard InChI is InChI=1S/C21H20FN5O4S/c1-12-4-5-15(14(22)9-12)23-17(28)11-26-21(30)27-16-6-8-32-18(16)19(29)25(20(27)24-26)10-13-3-2-7-31-13/h4-6,8-9,13H,2-3,7,10-11H2,1H3,(H,23,28)/t13-/m0/s1. The van der Waals surface area contributed by atoms with Gasteiger partial charge in [0.1, 0.15) is 17.1 Å².